The van der Waals surface area contributed by atoms with E-state index < -0.39 is 23.2 Å². The molecule has 9 heteroatoms. The lowest BCUT2D eigenvalue weighted by atomic mass is 9.92. The number of H-pyrrole nitrogens is 1. The van der Waals surface area contributed by atoms with E-state index in [1.807, 2.05) is 17.6 Å². The lowest BCUT2D eigenvalue weighted by Crippen LogP contribution is -2.32. The van der Waals surface area contributed by atoms with Gasteiger partial charge in [-0.3, -0.25) is 9.59 Å². The van der Waals surface area contributed by atoms with Crippen molar-refractivity contribution in [2.24, 2.45) is 0 Å². The van der Waals surface area contributed by atoms with Gasteiger partial charge in [-0.15, -0.1) is 0 Å². The van der Waals surface area contributed by atoms with Crippen LogP contribution in [0.5, 0.6) is 0 Å². The Kier molecular flexibility index (Phi) is 4.97. The maximum absolute atomic E-state index is 13.2. The molecule has 30 heavy (non-hydrogen) atoms. The van der Waals surface area contributed by atoms with Crippen LogP contribution in [0.25, 0.3) is 5.69 Å². The SMILES string of the molecule is Cc1cc2c(n1-c1cccc(C(F)(F)F)c1)CCC[C@H]2NC(=O)c1ccc(=O)[nH]n1. The first-order chi connectivity index (χ1) is 14.2. The molecule has 0 bridgehead atoms. The molecule has 0 unspecified atom stereocenters. The van der Waals surface area contributed by atoms with Crippen molar-refractivity contribution in [2.75, 3.05) is 0 Å². The molecule has 4 rings (SSSR count). The second-order valence-corrected chi connectivity index (χ2v) is 7.30. The Hall–Kier alpha value is -3.36. The first-order valence-electron chi connectivity index (χ1n) is 9.49. The number of aryl methyl sites for hydroxylation is 1. The van der Waals surface area contributed by atoms with Crippen LogP contribution in [0.3, 0.4) is 0 Å². The summed E-state index contributed by atoms with van der Waals surface area (Å²) in [4.78, 5) is 23.7. The predicted molar refractivity (Wildman–Crippen MR) is 104 cm³/mol. The standard InChI is InChI=1S/C21H19F3N4O2/c1-12-10-15-16(25-20(30)17-8-9-19(29)27-26-17)6-3-7-18(15)28(12)14-5-2-4-13(11-14)21(22,23)24/h2,4-5,8-11,16H,3,6-7H2,1H3,(H,25,30)(H,27,29)/t16-/m1/s1. The van der Waals surface area contributed by atoms with Gasteiger partial charge in [0.25, 0.3) is 11.5 Å². The van der Waals surface area contributed by atoms with Gasteiger partial charge in [-0.1, -0.05) is 6.07 Å². The van der Waals surface area contributed by atoms with Gasteiger partial charge in [0, 0.05) is 23.1 Å². The maximum atomic E-state index is 13.2. The number of nitrogens with zero attached hydrogens (tertiary/aromatic N) is 2. The summed E-state index contributed by atoms with van der Waals surface area (Å²) in [6.45, 7) is 1.83. The number of amides is 1. The number of aromatic nitrogens is 3. The summed E-state index contributed by atoms with van der Waals surface area (Å²) in [5.41, 5.74) is 2.00. The highest BCUT2D eigenvalue weighted by Gasteiger charge is 2.32. The molecule has 1 atom stereocenters. The van der Waals surface area contributed by atoms with E-state index in [9.17, 15) is 22.8 Å². The van der Waals surface area contributed by atoms with Crippen LogP contribution in [0.4, 0.5) is 13.2 Å². The second-order valence-electron chi connectivity index (χ2n) is 7.30. The summed E-state index contributed by atoms with van der Waals surface area (Å²) < 4.78 is 41.3. The van der Waals surface area contributed by atoms with Crippen molar-refractivity contribution < 1.29 is 18.0 Å². The summed E-state index contributed by atoms with van der Waals surface area (Å²) >= 11 is 0. The summed E-state index contributed by atoms with van der Waals surface area (Å²) in [6, 6.07) is 9.41. The number of carbonyl (C=O) groups excluding carboxylic acids is 1. The van der Waals surface area contributed by atoms with Gasteiger partial charge in [-0.2, -0.15) is 18.3 Å². The van der Waals surface area contributed by atoms with E-state index in [4.69, 9.17) is 0 Å². The van der Waals surface area contributed by atoms with Crippen LogP contribution in [0.2, 0.25) is 0 Å². The zero-order valence-corrected chi connectivity index (χ0v) is 16.1. The molecule has 1 aromatic carbocycles. The monoisotopic (exact) mass is 416 g/mol. The van der Waals surface area contributed by atoms with Crippen LogP contribution in [0, 0.1) is 6.92 Å². The number of hydrogen-bond acceptors (Lipinski definition) is 3. The smallest absolute Gasteiger partial charge is 0.344 e. The number of hydrogen-bond donors (Lipinski definition) is 2. The number of alkyl halides is 3. The molecule has 1 aliphatic rings. The highest BCUT2D eigenvalue weighted by atomic mass is 19.4. The molecule has 0 saturated heterocycles. The molecule has 0 fully saturated rings. The Labute approximate surface area is 169 Å². The fourth-order valence-electron chi connectivity index (χ4n) is 3.94. The Morgan fingerprint density at radius 2 is 2.03 bits per heavy atom. The van der Waals surface area contributed by atoms with Crippen molar-refractivity contribution in [1.29, 1.82) is 0 Å². The molecule has 2 aromatic heterocycles. The predicted octanol–water partition coefficient (Wildman–Crippen LogP) is 3.70. The molecule has 0 saturated carbocycles. The van der Waals surface area contributed by atoms with E-state index >= 15 is 0 Å². The molecule has 6 nitrogen and oxygen atoms in total. The van der Waals surface area contributed by atoms with E-state index in [0.717, 1.165) is 35.5 Å². The van der Waals surface area contributed by atoms with Crippen LogP contribution in [-0.2, 0) is 12.6 Å². The topological polar surface area (TPSA) is 79.8 Å². The quantitative estimate of drug-likeness (QED) is 0.683. The molecule has 2 N–H and O–H groups in total. The van der Waals surface area contributed by atoms with Gasteiger partial charge in [0.2, 0.25) is 0 Å². The Morgan fingerprint density at radius 3 is 2.73 bits per heavy atom. The number of halogens is 3. The molecule has 1 aliphatic carbocycles. The van der Waals surface area contributed by atoms with Crippen LogP contribution in [0.15, 0.2) is 47.3 Å². The molecule has 3 aromatic rings. The van der Waals surface area contributed by atoms with Gasteiger partial charge in [-0.25, -0.2) is 5.10 Å². The number of benzene rings is 1. The third kappa shape index (κ3) is 3.74. The molecular formula is C21H19F3N4O2. The largest absolute Gasteiger partial charge is 0.416 e. The summed E-state index contributed by atoms with van der Waals surface area (Å²) in [5.74, 6) is -0.423. The number of nitrogens with one attached hydrogen (secondary N) is 2. The van der Waals surface area contributed by atoms with Crippen molar-refractivity contribution >= 4 is 5.91 Å². The van der Waals surface area contributed by atoms with Crippen LogP contribution in [0.1, 0.15) is 51.9 Å². The lowest BCUT2D eigenvalue weighted by molar-refractivity contribution is -0.137. The maximum Gasteiger partial charge on any atom is 0.416 e. The minimum absolute atomic E-state index is 0.0933. The van der Waals surface area contributed by atoms with Crippen LogP contribution < -0.4 is 10.9 Å². The molecule has 0 spiro atoms. The third-order valence-electron chi connectivity index (χ3n) is 5.25. The van der Waals surface area contributed by atoms with Crippen molar-refractivity contribution in [3.63, 3.8) is 0 Å². The van der Waals surface area contributed by atoms with Crippen molar-refractivity contribution in [2.45, 2.75) is 38.4 Å². The minimum atomic E-state index is -4.42. The highest BCUT2D eigenvalue weighted by molar-refractivity contribution is 5.92. The first-order valence-corrected chi connectivity index (χ1v) is 9.49. The van der Waals surface area contributed by atoms with Crippen molar-refractivity contribution in [3.05, 3.63) is 81.0 Å². The average Bonchev–Trinajstić information content (AvgIpc) is 3.05. The van der Waals surface area contributed by atoms with Gasteiger partial charge >= 0.3 is 6.18 Å². The number of rotatable bonds is 3. The summed E-state index contributed by atoms with van der Waals surface area (Å²) in [6.07, 6.45) is -2.24. The van der Waals surface area contributed by atoms with Gasteiger partial charge in [0.1, 0.15) is 5.69 Å². The van der Waals surface area contributed by atoms with E-state index in [1.165, 1.54) is 18.2 Å². The Morgan fingerprint density at radius 1 is 1.23 bits per heavy atom. The fraction of sp³-hybridized carbons (Fsp3) is 0.286. The first kappa shape index (κ1) is 19.9. The number of fused-ring (bicyclic) bond motifs is 1. The number of carbonyl (C=O) groups is 1. The van der Waals surface area contributed by atoms with Gasteiger partial charge in [-0.05, 0) is 62.1 Å². The fourth-order valence-corrected chi connectivity index (χ4v) is 3.94. The van der Waals surface area contributed by atoms with E-state index in [2.05, 4.69) is 15.5 Å². The van der Waals surface area contributed by atoms with Gasteiger partial charge in [0.05, 0.1) is 11.6 Å². The van der Waals surface area contributed by atoms with Crippen LogP contribution >= 0.6 is 0 Å². The number of aromatic amines is 1. The van der Waals surface area contributed by atoms with E-state index in [-0.39, 0.29) is 11.7 Å². The average molecular weight is 416 g/mol. The molecule has 0 aliphatic heterocycles. The Bertz CT molecular complexity index is 1140. The van der Waals surface area contributed by atoms with Crippen LogP contribution in [-0.4, -0.2) is 20.7 Å². The minimum Gasteiger partial charge on any atom is -0.344 e. The van der Waals surface area contributed by atoms with E-state index in [0.29, 0.717) is 18.5 Å². The zero-order chi connectivity index (χ0) is 21.5. The second kappa shape index (κ2) is 7.47. The van der Waals surface area contributed by atoms with Gasteiger partial charge in [0.15, 0.2) is 0 Å². The molecule has 0 radical (unpaired) electrons. The molecule has 1 amide bonds. The van der Waals surface area contributed by atoms with Crippen molar-refractivity contribution in [3.8, 4) is 5.69 Å². The zero-order valence-electron chi connectivity index (χ0n) is 16.1. The third-order valence-corrected chi connectivity index (χ3v) is 5.25. The molecular weight excluding hydrogens is 397 g/mol. The highest BCUT2D eigenvalue weighted by Crippen LogP contribution is 2.36. The normalized spacial score (nSPS) is 16.2. The summed E-state index contributed by atoms with van der Waals surface area (Å²) in [7, 11) is 0. The lowest BCUT2D eigenvalue weighted by Gasteiger charge is -2.25. The molecule has 2 heterocycles. The van der Waals surface area contributed by atoms with Crippen molar-refractivity contribution in [1.82, 2.24) is 20.1 Å². The summed E-state index contributed by atoms with van der Waals surface area (Å²) in [5, 5.41) is 8.89. The van der Waals surface area contributed by atoms with E-state index in [1.54, 1.807) is 6.07 Å². The molecule has 156 valence electrons. The van der Waals surface area contributed by atoms with Gasteiger partial charge < -0.3 is 9.88 Å². The Balaban J connectivity index is 1.67.